The van der Waals surface area contributed by atoms with E-state index in [4.69, 9.17) is 5.73 Å². The summed E-state index contributed by atoms with van der Waals surface area (Å²) in [7, 11) is 0. The van der Waals surface area contributed by atoms with E-state index in [-0.39, 0.29) is 17.5 Å². The molecule has 20 heavy (non-hydrogen) atoms. The van der Waals surface area contributed by atoms with E-state index in [1.165, 1.54) is 6.07 Å². The Kier molecular flexibility index (Phi) is 3.66. The summed E-state index contributed by atoms with van der Waals surface area (Å²) in [4.78, 5) is 15.3. The molecular formula is C10H7BrF3N5O. The predicted molar refractivity (Wildman–Crippen MR) is 67.9 cm³/mol. The van der Waals surface area contributed by atoms with Gasteiger partial charge in [-0.05, 0) is 34.1 Å². The number of nitrogens with zero attached hydrogens (tertiary/aromatic N) is 2. The predicted octanol–water partition coefficient (Wildman–Crippen LogP) is 2.42. The molecular weight excluding hydrogens is 343 g/mol. The molecule has 6 nitrogen and oxygen atoms in total. The minimum absolute atomic E-state index is 0.0419. The molecule has 0 saturated heterocycles. The summed E-state index contributed by atoms with van der Waals surface area (Å²) in [5, 5.41) is 7.98. The Morgan fingerprint density at radius 1 is 1.40 bits per heavy atom. The summed E-state index contributed by atoms with van der Waals surface area (Å²) in [6.45, 7) is 0. The minimum Gasteiger partial charge on any atom is -0.366 e. The van der Waals surface area contributed by atoms with E-state index >= 15 is 0 Å². The van der Waals surface area contributed by atoms with Crippen LogP contribution in [0.25, 0.3) is 0 Å². The third kappa shape index (κ3) is 3.07. The molecule has 0 aliphatic heterocycles. The van der Waals surface area contributed by atoms with Crippen molar-refractivity contribution < 1.29 is 18.0 Å². The Morgan fingerprint density at radius 3 is 2.65 bits per heavy atom. The van der Waals surface area contributed by atoms with Crippen LogP contribution in [0.4, 0.5) is 24.8 Å². The molecule has 2 rings (SSSR count). The second kappa shape index (κ2) is 5.12. The van der Waals surface area contributed by atoms with Crippen LogP contribution in [0.1, 0.15) is 16.2 Å². The van der Waals surface area contributed by atoms with Gasteiger partial charge in [0, 0.05) is 4.47 Å². The number of nitrogens with one attached hydrogen (secondary N) is 2. The van der Waals surface area contributed by atoms with Crippen LogP contribution in [0.15, 0.2) is 22.7 Å². The fourth-order valence-electron chi connectivity index (χ4n) is 1.36. The van der Waals surface area contributed by atoms with Gasteiger partial charge in [-0.15, -0.1) is 5.10 Å². The van der Waals surface area contributed by atoms with E-state index in [1.807, 2.05) is 0 Å². The maximum absolute atomic E-state index is 12.6. The van der Waals surface area contributed by atoms with Crippen molar-refractivity contribution in [3.63, 3.8) is 0 Å². The molecule has 2 aromatic rings. The summed E-state index contributed by atoms with van der Waals surface area (Å²) < 4.78 is 38.1. The SMILES string of the molecule is Nc1n[nH]c(C(=O)Nc2cc(C(F)(F)F)ccc2Br)n1. The number of benzene rings is 1. The van der Waals surface area contributed by atoms with Gasteiger partial charge in [-0.25, -0.2) is 0 Å². The van der Waals surface area contributed by atoms with Crippen molar-refractivity contribution >= 4 is 33.5 Å². The zero-order valence-electron chi connectivity index (χ0n) is 9.62. The van der Waals surface area contributed by atoms with E-state index in [0.29, 0.717) is 4.47 Å². The number of nitrogen functional groups attached to an aromatic ring is 1. The van der Waals surface area contributed by atoms with Crippen LogP contribution in [-0.2, 0) is 6.18 Å². The molecule has 0 unspecified atom stereocenters. The Labute approximate surface area is 118 Å². The van der Waals surface area contributed by atoms with Crippen LogP contribution in [0.5, 0.6) is 0 Å². The molecule has 106 valence electrons. The Balaban J connectivity index is 2.27. The summed E-state index contributed by atoms with van der Waals surface area (Å²) in [6, 6.07) is 2.89. The van der Waals surface area contributed by atoms with Gasteiger partial charge in [-0.3, -0.25) is 9.89 Å². The maximum atomic E-state index is 12.6. The second-order valence-electron chi connectivity index (χ2n) is 3.69. The lowest BCUT2D eigenvalue weighted by Gasteiger charge is -2.11. The minimum atomic E-state index is -4.50. The molecule has 0 spiro atoms. The van der Waals surface area contributed by atoms with Crippen LogP contribution in [0.2, 0.25) is 0 Å². The first-order valence-electron chi connectivity index (χ1n) is 5.13. The Bertz CT molecular complexity index is 655. The topological polar surface area (TPSA) is 96.7 Å². The number of carbonyl (C=O) groups excluding carboxylic acids is 1. The highest BCUT2D eigenvalue weighted by atomic mass is 79.9. The number of hydrogen-bond donors (Lipinski definition) is 3. The molecule has 0 radical (unpaired) electrons. The lowest BCUT2D eigenvalue weighted by molar-refractivity contribution is -0.137. The quantitative estimate of drug-likeness (QED) is 0.775. The number of nitrogens with two attached hydrogens (primary N) is 1. The number of hydrogen-bond acceptors (Lipinski definition) is 4. The summed E-state index contributed by atoms with van der Waals surface area (Å²) >= 11 is 3.05. The van der Waals surface area contributed by atoms with Crippen molar-refractivity contribution in [2.45, 2.75) is 6.18 Å². The zero-order chi connectivity index (χ0) is 14.9. The highest BCUT2D eigenvalue weighted by Crippen LogP contribution is 2.34. The van der Waals surface area contributed by atoms with Crippen LogP contribution >= 0.6 is 15.9 Å². The van der Waals surface area contributed by atoms with Gasteiger partial charge in [0.1, 0.15) is 0 Å². The van der Waals surface area contributed by atoms with Gasteiger partial charge < -0.3 is 11.1 Å². The molecule has 4 N–H and O–H groups in total. The van der Waals surface area contributed by atoms with Crippen LogP contribution in [-0.4, -0.2) is 21.1 Å². The van der Waals surface area contributed by atoms with Crippen LogP contribution in [0, 0.1) is 0 Å². The van der Waals surface area contributed by atoms with Gasteiger partial charge in [-0.2, -0.15) is 18.2 Å². The number of carbonyl (C=O) groups is 1. The first kappa shape index (κ1) is 14.3. The first-order chi connectivity index (χ1) is 9.27. The van der Waals surface area contributed by atoms with Crippen LogP contribution in [0.3, 0.4) is 0 Å². The average molecular weight is 350 g/mol. The molecule has 0 saturated carbocycles. The summed E-state index contributed by atoms with van der Waals surface area (Å²) in [5.41, 5.74) is 4.31. The highest BCUT2D eigenvalue weighted by molar-refractivity contribution is 9.10. The summed E-state index contributed by atoms with van der Waals surface area (Å²) in [5.74, 6) is -1.10. The molecule has 0 aliphatic carbocycles. The van der Waals surface area contributed by atoms with Gasteiger partial charge >= 0.3 is 6.18 Å². The van der Waals surface area contributed by atoms with E-state index < -0.39 is 17.6 Å². The van der Waals surface area contributed by atoms with Gasteiger partial charge in [0.2, 0.25) is 11.8 Å². The van der Waals surface area contributed by atoms with Crippen molar-refractivity contribution in [3.05, 3.63) is 34.1 Å². The number of alkyl halides is 3. The smallest absolute Gasteiger partial charge is 0.366 e. The fourth-order valence-corrected chi connectivity index (χ4v) is 1.70. The monoisotopic (exact) mass is 349 g/mol. The molecule has 1 aromatic heterocycles. The summed E-state index contributed by atoms with van der Waals surface area (Å²) in [6.07, 6.45) is -4.50. The molecule has 1 aromatic carbocycles. The van der Waals surface area contributed by atoms with Gasteiger partial charge in [0.15, 0.2) is 0 Å². The average Bonchev–Trinajstić information content (AvgIpc) is 2.77. The third-order valence-electron chi connectivity index (χ3n) is 2.26. The normalized spacial score (nSPS) is 11.4. The largest absolute Gasteiger partial charge is 0.416 e. The number of aromatic nitrogens is 3. The van der Waals surface area contributed by atoms with E-state index in [1.54, 1.807) is 0 Å². The molecule has 0 aliphatic rings. The number of amides is 1. The number of aromatic amines is 1. The van der Waals surface area contributed by atoms with Gasteiger partial charge in [-0.1, -0.05) is 0 Å². The number of rotatable bonds is 2. The van der Waals surface area contributed by atoms with Crippen LogP contribution < -0.4 is 11.1 Å². The molecule has 0 bridgehead atoms. The number of anilines is 2. The Morgan fingerprint density at radius 2 is 2.10 bits per heavy atom. The van der Waals surface area contributed by atoms with Crippen molar-refractivity contribution in [1.29, 1.82) is 0 Å². The number of H-pyrrole nitrogens is 1. The lowest BCUT2D eigenvalue weighted by atomic mass is 10.2. The highest BCUT2D eigenvalue weighted by Gasteiger charge is 2.31. The molecule has 10 heteroatoms. The van der Waals surface area contributed by atoms with Gasteiger partial charge in [0.05, 0.1) is 11.3 Å². The molecule has 1 heterocycles. The van der Waals surface area contributed by atoms with E-state index in [2.05, 4.69) is 36.4 Å². The Hall–Kier alpha value is -2.10. The lowest BCUT2D eigenvalue weighted by Crippen LogP contribution is -2.15. The standard InChI is InChI=1S/C10H7BrF3N5O/c11-5-2-1-4(10(12,13)14)3-6(5)16-8(20)7-17-9(15)19-18-7/h1-3H,(H,16,20)(H3,15,17,18,19). The second-order valence-corrected chi connectivity index (χ2v) is 4.54. The first-order valence-corrected chi connectivity index (χ1v) is 5.92. The van der Waals surface area contributed by atoms with Gasteiger partial charge in [0.25, 0.3) is 5.91 Å². The van der Waals surface area contributed by atoms with E-state index in [9.17, 15) is 18.0 Å². The maximum Gasteiger partial charge on any atom is 0.416 e. The third-order valence-corrected chi connectivity index (χ3v) is 2.95. The van der Waals surface area contributed by atoms with E-state index in [0.717, 1.165) is 12.1 Å². The van der Waals surface area contributed by atoms with Crippen molar-refractivity contribution in [1.82, 2.24) is 15.2 Å². The van der Waals surface area contributed by atoms with Crippen molar-refractivity contribution in [3.8, 4) is 0 Å². The zero-order valence-corrected chi connectivity index (χ0v) is 11.2. The molecule has 0 atom stereocenters. The number of halogens is 4. The van der Waals surface area contributed by atoms with Crippen molar-refractivity contribution in [2.24, 2.45) is 0 Å². The molecule has 1 amide bonds. The fraction of sp³-hybridized carbons (Fsp3) is 0.100. The molecule has 0 fully saturated rings. The van der Waals surface area contributed by atoms with Crippen molar-refractivity contribution in [2.75, 3.05) is 11.1 Å².